The fraction of sp³-hybridized carbons (Fsp3) is 0.385. The molecule has 2 rings (SSSR count). The van der Waals surface area contributed by atoms with Crippen molar-refractivity contribution in [2.75, 3.05) is 13.7 Å². The topological polar surface area (TPSA) is 39.9 Å². The normalized spacial score (nSPS) is 10.8. The van der Waals surface area contributed by atoms with E-state index in [1.165, 1.54) is 5.56 Å². The number of ether oxygens (including phenoxy) is 1. The molecule has 0 fully saturated rings. The molecule has 0 saturated heterocycles. The highest BCUT2D eigenvalue weighted by Gasteiger charge is 2.12. The maximum absolute atomic E-state index is 5.87. The van der Waals surface area contributed by atoms with Crippen LogP contribution >= 0.6 is 11.6 Å². The van der Waals surface area contributed by atoms with Crippen LogP contribution in [0.3, 0.4) is 0 Å². The zero-order valence-electron chi connectivity index (χ0n) is 10.6. The number of aromatic nitrogens is 3. The first-order valence-electron chi connectivity index (χ1n) is 5.80. The highest BCUT2D eigenvalue weighted by atomic mass is 35.5. The van der Waals surface area contributed by atoms with Crippen LogP contribution < -0.4 is 0 Å². The molecular formula is C13H16ClN3O. The minimum atomic E-state index is 0.350. The molecule has 0 N–H and O–H groups in total. The van der Waals surface area contributed by atoms with Crippen molar-refractivity contribution in [1.82, 2.24) is 14.8 Å². The number of methoxy groups -OCH3 is 1. The molecule has 0 atom stereocenters. The van der Waals surface area contributed by atoms with Crippen LogP contribution in [-0.2, 0) is 17.2 Å². The quantitative estimate of drug-likeness (QED) is 0.781. The summed E-state index contributed by atoms with van der Waals surface area (Å²) in [5, 5.41) is 8.32. The number of alkyl halides is 1. The van der Waals surface area contributed by atoms with Crippen molar-refractivity contribution in [3.05, 3.63) is 35.7 Å². The first-order chi connectivity index (χ1) is 8.76. The predicted molar refractivity (Wildman–Crippen MR) is 71.6 cm³/mol. The summed E-state index contributed by atoms with van der Waals surface area (Å²) in [4.78, 5) is 0. The highest BCUT2D eigenvalue weighted by molar-refractivity contribution is 6.16. The standard InChI is InChI=1S/C13H16ClN3O/c1-10-3-5-11(6-4-10)13-16-15-12(9-14)17(13)7-8-18-2/h3-6H,7-9H2,1-2H3. The van der Waals surface area contributed by atoms with Gasteiger partial charge in [0.1, 0.15) is 5.82 Å². The van der Waals surface area contributed by atoms with Gasteiger partial charge in [-0.15, -0.1) is 21.8 Å². The Morgan fingerprint density at radius 1 is 1.22 bits per heavy atom. The lowest BCUT2D eigenvalue weighted by molar-refractivity contribution is 0.187. The van der Waals surface area contributed by atoms with Gasteiger partial charge in [-0.1, -0.05) is 29.8 Å². The fourth-order valence-corrected chi connectivity index (χ4v) is 1.97. The molecular weight excluding hydrogens is 250 g/mol. The maximum atomic E-state index is 5.87. The summed E-state index contributed by atoms with van der Waals surface area (Å²) in [5.41, 5.74) is 2.26. The van der Waals surface area contributed by atoms with Gasteiger partial charge < -0.3 is 9.30 Å². The van der Waals surface area contributed by atoms with E-state index in [9.17, 15) is 0 Å². The summed E-state index contributed by atoms with van der Waals surface area (Å²) < 4.78 is 7.11. The molecule has 1 heterocycles. The monoisotopic (exact) mass is 265 g/mol. The van der Waals surface area contributed by atoms with Gasteiger partial charge >= 0.3 is 0 Å². The fourth-order valence-electron chi connectivity index (χ4n) is 1.77. The molecule has 5 heteroatoms. The molecule has 0 saturated carbocycles. The van der Waals surface area contributed by atoms with Gasteiger partial charge in [-0.25, -0.2) is 0 Å². The lowest BCUT2D eigenvalue weighted by atomic mass is 10.1. The number of benzene rings is 1. The van der Waals surface area contributed by atoms with Crippen molar-refractivity contribution in [1.29, 1.82) is 0 Å². The molecule has 18 heavy (non-hydrogen) atoms. The molecule has 2 aromatic rings. The Bertz CT molecular complexity index is 507. The second-order valence-corrected chi connectivity index (χ2v) is 4.35. The van der Waals surface area contributed by atoms with Crippen molar-refractivity contribution in [2.24, 2.45) is 0 Å². The molecule has 0 unspecified atom stereocenters. The highest BCUT2D eigenvalue weighted by Crippen LogP contribution is 2.19. The van der Waals surface area contributed by atoms with Gasteiger partial charge in [-0.3, -0.25) is 0 Å². The summed E-state index contributed by atoms with van der Waals surface area (Å²) in [6.45, 7) is 3.37. The molecule has 0 spiro atoms. The van der Waals surface area contributed by atoms with E-state index in [0.29, 0.717) is 19.0 Å². The molecule has 0 amide bonds. The number of hydrogen-bond acceptors (Lipinski definition) is 3. The molecule has 96 valence electrons. The third-order valence-corrected chi connectivity index (χ3v) is 3.01. The number of aryl methyl sites for hydroxylation is 1. The molecule has 1 aromatic carbocycles. The van der Waals surface area contributed by atoms with E-state index in [-0.39, 0.29) is 0 Å². The Morgan fingerprint density at radius 3 is 2.56 bits per heavy atom. The van der Waals surface area contributed by atoms with Gasteiger partial charge in [-0.05, 0) is 6.92 Å². The number of hydrogen-bond donors (Lipinski definition) is 0. The molecule has 4 nitrogen and oxygen atoms in total. The average molecular weight is 266 g/mol. The van der Waals surface area contributed by atoms with E-state index in [4.69, 9.17) is 16.3 Å². The minimum absolute atomic E-state index is 0.350. The zero-order valence-corrected chi connectivity index (χ0v) is 11.3. The molecule has 0 aliphatic heterocycles. The summed E-state index contributed by atoms with van der Waals surface area (Å²) >= 11 is 5.87. The first kappa shape index (κ1) is 13.1. The van der Waals surface area contributed by atoms with Crippen LogP contribution in [0.4, 0.5) is 0 Å². The van der Waals surface area contributed by atoms with Crippen LogP contribution in [0.2, 0.25) is 0 Å². The van der Waals surface area contributed by atoms with Gasteiger partial charge in [0.05, 0.1) is 12.5 Å². The Labute approximate surface area is 112 Å². The SMILES string of the molecule is COCCn1c(CCl)nnc1-c1ccc(C)cc1. The largest absolute Gasteiger partial charge is 0.383 e. The molecule has 0 radical (unpaired) electrons. The van der Waals surface area contributed by atoms with E-state index < -0.39 is 0 Å². The third-order valence-electron chi connectivity index (χ3n) is 2.78. The lowest BCUT2D eigenvalue weighted by Gasteiger charge is -2.08. The van der Waals surface area contributed by atoms with Crippen molar-refractivity contribution < 1.29 is 4.74 Å². The van der Waals surface area contributed by atoms with Crippen LogP contribution in [-0.4, -0.2) is 28.5 Å². The summed E-state index contributed by atoms with van der Waals surface area (Å²) in [6.07, 6.45) is 0. The average Bonchev–Trinajstić information content (AvgIpc) is 2.80. The van der Waals surface area contributed by atoms with Crippen LogP contribution in [0.15, 0.2) is 24.3 Å². The van der Waals surface area contributed by atoms with E-state index in [1.54, 1.807) is 7.11 Å². The van der Waals surface area contributed by atoms with Gasteiger partial charge in [0.25, 0.3) is 0 Å². The lowest BCUT2D eigenvalue weighted by Crippen LogP contribution is -2.09. The van der Waals surface area contributed by atoms with Crippen LogP contribution in [0.1, 0.15) is 11.4 Å². The van der Waals surface area contributed by atoms with E-state index in [0.717, 1.165) is 17.2 Å². The molecule has 1 aromatic heterocycles. The first-order valence-corrected chi connectivity index (χ1v) is 6.33. The molecule has 0 aliphatic rings. The second kappa shape index (κ2) is 5.98. The maximum Gasteiger partial charge on any atom is 0.164 e. The van der Waals surface area contributed by atoms with E-state index >= 15 is 0 Å². The summed E-state index contributed by atoms with van der Waals surface area (Å²) in [7, 11) is 1.68. The predicted octanol–water partition coefficient (Wildman–Crippen LogP) is 2.64. The smallest absolute Gasteiger partial charge is 0.164 e. The van der Waals surface area contributed by atoms with E-state index in [1.807, 2.05) is 16.7 Å². The van der Waals surface area contributed by atoms with Crippen molar-refractivity contribution in [2.45, 2.75) is 19.3 Å². The Hall–Kier alpha value is -1.39. The zero-order chi connectivity index (χ0) is 13.0. The molecule has 0 aliphatic carbocycles. The van der Waals surface area contributed by atoms with Gasteiger partial charge in [0, 0.05) is 19.2 Å². The van der Waals surface area contributed by atoms with Gasteiger partial charge in [0.15, 0.2) is 5.82 Å². The van der Waals surface area contributed by atoms with Gasteiger partial charge in [-0.2, -0.15) is 0 Å². The minimum Gasteiger partial charge on any atom is -0.383 e. The van der Waals surface area contributed by atoms with Gasteiger partial charge in [0.2, 0.25) is 0 Å². The summed E-state index contributed by atoms with van der Waals surface area (Å²) in [6, 6.07) is 8.21. The van der Waals surface area contributed by atoms with Crippen LogP contribution in [0.5, 0.6) is 0 Å². The number of rotatable bonds is 5. The Morgan fingerprint density at radius 2 is 1.94 bits per heavy atom. The van der Waals surface area contributed by atoms with Crippen molar-refractivity contribution >= 4 is 11.6 Å². The Balaban J connectivity index is 2.37. The summed E-state index contributed by atoms with van der Waals surface area (Å²) in [5.74, 6) is 1.95. The Kier molecular flexibility index (Phi) is 4.33. The number of halogens is 1. The van der Waals surface area contributed by atoms with Crippen molar-refractivity contribution in [3.63, 3.8) is 0 Å². The molecule has 0 bridgehead atoms. The van der Waals surface area contributed by atoms with E-state index in [2.05, 4.69) is 29.3 Å². The number of nitrogens with zero attached hydrogens (tertiary/aromatic N) is 3. The van der Waals surface area contributed by atoms with Crippen LogP contribution in [0, 0.1) is 6.92 Å². The van der Waals surface area contributed by atoms with Crippen LogP contribution in [0.25, 0.3) is 11.4 Å². The second-order valence-electron chi connectivity index (χ2n) is 4.08. The third kappa shape index (κ3) is 2.71. The van der Waals surface area contributed by atoms with Crippen molar-refractivity contribution in [3.8, 4) is 11.4 Å².